The molecule has 1 aromatic rings. The van der Waals surface area contributed by atoms with Crippen LogP contribution in [0, 0.1) is 13.8 Å². The number of ether oxygens (including phenoxy) is 2. The molecular formula is C15H25NO2. The smallest absolute Gasteiger partial charge is 0.0701 e. The summed E-state index contributed by atoms with van der Waals surface area (Å²) in [6.45, 7) is 6.36. The fourth-order valence-corrected chi connectivity index (χ4v) is 2.03. The third-order valence-electron chi connectivity index (χ3n) is 3.25. The van der Waals surface area contributed by atoms with E-state index < -0.39 is 0 Å². The van der Waals surface area contributed by atoms with E-state index in [4.69, 9.17) is 9.47 Å². The van der Waals surface area contributed by atoms with Gasteiger partial charge in [-0.3, -0.25) is 0 Å². The van der Waals surface area contributed by atoms with Crippen molar-refractivity contribution >= 4 is 0 Å². The van der Waals surface area contributed by atoms with Crippen molar-refractivity contribution in [1.29, 1.82) is 0 Å². The molecular weight excluding hydrogens is 226 g/mol. The van der Waals surface area contributed by atoms with E-state index in [0.717, 1.165) is 6.42 Å². The zero-order chi connectivity index (χ0) is 13.4. The van der Waals surface area contributed by atoms with E-state index in [1.165, 1.54) is 16.7 Å². The Morgan fingerprint density at radius 3 is 2.39 bits per heavy atom. The number of methoxy groups -OCH3 is 1. The number of aryl methyl sites for hydroxylation is 2. The molecule has 0 saturated heterocycles. The van der Waals surface area contributed by atoms with E-state index in [-0.39, 0.29) is 0 Å². The molecule has 0 aromatic heterocycles. The van der Waals surface area contributed by atoms with Gasteiger partial charge in [-0.15, -0.1) is 0 Å². The van der Waals surface area contributed by atoms with Crippen molar-refractivity contribution in [2.45, 2.75) is 26.3 Å². The van der Waals surface area contributed by atoms with Crippen molar-refractivity contribution in [3.05, 3.63) is 34.9 Å². The SMILES string of the molecule is CNC(COCCOC)Cc1c(C)cccc1C. The first-order valence-electron chi connectivity index (χ1n) is 6.48. The zero-order valence-electron chi connectivity index (χ0n) is 12.0. The minimum absolute atomic E-state index is 0.349. The van der Waals surface area contributed by atoms with Gasteiger partial charge < -0.3 is 14.8 Å². The minimum Gasteiger partial charge on any atom is -0.382 e. The molecule has 3 nitrogen and oxygen atoms in total. The maximum absolute atomic E-state index is 5.59. The summed E-state index contributed by atoms with van der Waals surface area (Å²) in [4.78, 5) is 0. The molecule has 3 heteroatoms. The summed E-state index contributed by atoms with van der Waals surface area (Å²) in [6, 6.07) is 6.79. The molecule has 0 aliphatic rings. The van der Waals surface area contributed by atoms with Crippen molar-refractivity contribution in [3.8, 4) is 0 Å². The average Bonchev–Trinajstić information content (AvgIpc) is 2.36. The van der Waals surface area contributed by atoms with E-state index in [0.29, 0.717) is 25.9 Å². The molecule has 1 atom stereocenters. The quantitative estimate of drug-likeness (QED) is 0.718. The molecule has 0 aliphatic carbocycles. The predicted molar refractivity (Wildman–Crippen MR) is 75.2 cm³/mol. The van der Waals surface area contributed by atoms with Gasteiger partial charge in [0.1, 0.15) is 0 Å². The summed E-state index contributed by atoms with van der Waals surface area (Å²) >= 11 is 0. The maximum Gasteiger partial charge on any atom is 0.0701 e. The van der Waals surface area contributed by atoms with E-state index in [1.54, 1.807) is 7.11 Å². The van der Waals surface area contributed by atoms with Crippen molar-refractivity contribution in [2.75, 3.05) is 34.0 Å². The van der Waals surface area contributed by atoms with Crippen LogP contribution in [-0.4, -0.2) is 40.0 Å². The summed E-state index contributed by atoms with van der Waals surface area (Å²) in [6.07, 6.45) is 1.00. The molecule has 0 heterocycles. The van der Waals surface area contributed by atoms with Gasteiger partial charge in [0.25, 0.3) is 0 Å². The molecule has 18 heavy (non-hydrogen) atoms. The van der Waals surface area contributed by atoms with Crippen LogP contribution in [0.5, 0.6) is 0 Å². The fourth-order valence-electron chi connectivity index (χ4n) is 2.03. The number of hydrogen-bond donors (Lipinski definition) is 1. The number of hydrogen-bond acceptors (Lipinski definition) is 3. The molecule has 0 amide bonds. The van der Waals surface area contributed by atoms with Crippen LogP contribution in [0.25, 0.3) is 0 Å². The number of likely N-dealkylation sites (N-methyl/N-ethyl adjacent to an activating group) is 1. The summed E-state index contributed by atoms with van der Waals surface area (Å²) < 4.78 is 10.6. The third-order valence-corrected chi connectivity index (χ3v) is 3.25. The highest BCUT2D eigenvalue weighted by atomic mass is 16.5. The van der Waals surface area contributed by atoms with Crippen molar-refractivity contribution in [1.82, 2.24) is 5.32 Å². The molecule has 1 aromatic carbocycles. The van der Waals surface area contributed by atoms with Crippen LogP contribution < -0.4 is 5.32 Å². The topological polar surface area (TPSA) is 30.5 Å². The van der Waals surface area contributed by atoms with Gasteiger partial charge in [-0.05, 0) is 44.0 Å². The lowest BCUT2D eigenvalue weighted by Crippen LogP contribution is -2.33. The average molecular weight is 251 g/mol. The summed E-state index contributed by atoms with van der Waals surface area (Å²) in [5.41, 5.74) is 4.13. The molecule has 0 spiro atoms. The van der Waals surface area contributed by atoms with Gasteiger partial charge in [0, 0.05) is 13.2 Å². The third kappa shape index (κ3) is 4.77. The number of rotatable bonds is 8. The molecule has 1 rings (SSSR count). The van der Waals surface area contributed by atoms with Crippen LogP contribution in [0.2, 0.25) is 0 Å². The Morgan fingerprint density at radius 1 is 1.17 bits per heavy atom. The van der Waals surface area contributed by atoms with Gasteiger partial charge >= 0.3 is 0 Å². The van der Waals surface area contributed by atoms with Crippen LogP contribution in [0.15, 0.2) is 18.2 Å². The lowest BCUT2D eigenvalue weighted by molar-refractivity contribution is 0.0597. The van der Waals surface area contributed by atoms with Crippen LogP contribution in [-0.2, 0) is 15.9 Å². The van der Waals surface area contributed by atoms with Gasteiger partial charge in [-0.25, -0.2) is 0 Å². The molecule has 0 radical (unpaired) electrons. The van der Waals surface area contributed by atoms with Gasteiger partial charge in [-0.2, -0.15) is 0 Å². The predicted octanol–water partition coefficient (Wildman–Crippen LogP) is 2.10. The van der Waals surface area contributed by atoms with E-state index in [2.05, 4.69) is 37.4 Å². The highest BCUT2D eigenvalue weighted by Crippen LogP contribution is 2.15. The van der Waals surface area contributed by atoms with Gasteiger partial charge in [0.05, 0.1) is 19.8 Å². The molecule has 0 fully saturated rings. The fraction of sp³-hybridized carbons (Fsp3) is 0.600. The number of nitrogens with one attached hydrogen (secondary N) is 1. The Balaban J connectivity index is 2.52. The maximum atomic E-state index is 5.59. The molecule has 102 valence electrons. The van der Waals surface area contributed by atoms with Crippen LogP contribution in [0.3, 0.4) is 0 Å². The standard InChI is InChI=1S/C15H25NO2/c1-12-6-5-7-13(2)15(12)10-14(16-3)11-18-9-8-17-4/h5-7,14,16H,8-11H2,1-4H3. The molecule has 1 unspecified atom stereocenters. The highest BCUT2D eigenvalue weighted by Gasteiger charge is 2.11. The van der Waals surface area contributed by atoms with E-state index >= 15 is 0 Å². The largest absolute Gasteiger partial charge is 0.382 e. The molecule has 0 bridgehead atoms. The van der Waals surface area contributed by atoms with E-state index in [1.807, 2.05) is 7.05 Å². The Labute approximate surface area is 110 Å². The monoisotopic (exact) mass is 251 g/mol. The second kappa shape index (κ2) is 8.25. The van der Waals surface area contributed by atoms with Crippen LogP contribution >= 0.6 is 0 Å². The van der Waals surface area contributed by atoms with Gasteiger partial charge in [-0.1, -0.05) is 18.2 Å². The first kappa shape index (κ1) is 15.2. The highest BCUT2D eigenvalue weighted by molar-refractivity contribution is 5.34. The minimum atomic E-state index is 0.349. The van der Waals surface area contributed by atoms with Crippen LogP contribution in [0.4, 0.5) is 0 Å². The summed E-state index contributed by atoms with van der Waals surface area (Å²) in [5.74, 6) is 0. The van der Waals surface area contributed by atoms with E-state index in [9.17, 15) is 0 Å². The van der Waals surface area contributed by atoms with Crippen molar-refractivity contribution < 1.29 is 9.47 Å². The Kier molecular flexibility index (Phi) is 6.94. The molecule has 1 N–H and O–H groups in total. The van der Waals surface area contributed by atoms with Gasteiger partial charge in [0.2, 0.25) is 0 Å². The first-order valence-corrected chi connectivity index (χ1v) is 6.48. The normalized spacial score (nSPS) is 12.7. The second-order valence-corrected chi connectivity index (χ2v) is 4.63. The zero-order valence-corrected chi connectivity index (χ0v) is 12.0. The molecule has 0 aliphatic heterocycles. The van der Waals surface area contributed by atoms with Crippen LogP contribution in [0.1, 0.15) is 16.7 Å². The number of benzene rings is 1. The lowest BCUT2D eigenvalue weighted by Gasteiger charge is -2.19. The van der Waals surface area contributed by atoms with Crippen molar-refractivity contribution in [3.63, 3.8) is 0 Å². The summed E-state index contributed by atoms with van der Waals surface area (Å²) in [5, 5.41) is 3.32. The Morgan fingerprint density at radius 2 is 1.83 bits per heavy atom. The second-order valence-electron chi connectivity index (χ2n) is 4.63. The lowest BCUT2D eigenvalue weighted by atomic mass is 9.97. The van der Waals surface area contributed by atoms with Gasteiger partial charge in [0.15, 0.2) is 0 Å². The summed E-state index contributed by atoms with van der Waals surface area (Å²) in [7, 11) is 3.67. The first-order chi connectivity index (χ1) is 8.69. The Hall–Kier alpha value is -0.900. The Bertz CT molecular complexity index is 332. The molecule has 0 saturated carbocycles. The van der Waals surface area contributed by atoms with Crippen molar-refractivity contribution in [2.24, 2.45) is 0 Å².